The molecular weight excluding hydrogens is 298 g/mol. The van der Waals surface area contributed by atoms with Crippen LogP contribution in [0.4, 0.5) is 0 Å². The second-order valence-corrected chi connectivity index (χ2v) is 6.56. The molecule has 0 atom stereocenters. The molecule has 5 heteroatoms. The predicted molar refractivity (Wildman–Crippen MR) is 92.2 cm³/mol. The van der Waals surface area contributed by atoms with Gasteiger partial charge in [0.15, 0.2) is 0 Å². The molecule has 0 spiro atoms. The molecule has 0 aliphatic carbocycles. The second-order valence-electron chi connectivity index (χ2n) is 4.95. The molecule has 0 N–H and O–H groups in total. The summed E-state index contributed by atoms with van der Waals surface area (Å²) in [6, 6.07) is 8.00. The maximum Gasteiger partial charge on any atom is 0.297 e. The van der Waals surface area contributed by atoms with Crippen molar-refractivity contribution in [2.45, 2.75) is 32.6 Å². The van der Waals surface area contributed by atoms with Gasteiger partial charge in [0, 0.05) is 0 Å². The largest absolute Gasteiger partial charge is 0.325 e. The van der Waals surface area contributed by atoms with E-state index in [0.717, 1.165) is 0 Å². The quantitative estimate of drug-likeness (QED) is 0.417. The maximum absolute atomic E-state index is 11.3. The topological polar surface area (TPSA) is 43.4 Å². The minimum atomic E-state index is -3.59. The van der Waals surface area contributed by atoms with Crippen LogP contribution < -0.4 is 0 Å². The number of hydrogen-bond donors (Lipinski definition) is 0. The van der Waals surface area contributed by atoms with Crippen molar-refractivity contribution in [2.24, 2.45) is 0 Å². The van der Waals surface area contributed by atoms with Crippen LogP contribution in [0.2, 0.25) is 0 Å². The van der Waals surface area contributed by atoms with Gasteiger partial charge in [0.25, 0.3) is 10.1 Å². The van der Waals surface area contributed by atoms with Crippen molar-refractivity contribution in [1.82, 2.24) is 0 Å². The van der Waals surface area contributed by atoms with Gasteiger partial charge in [-0.3, -0.25) is 4.18 Å². The SMILES string of the molecule is C=CCOS(=O)(=O)c1ccccc1.CC[N+](CC)(CC)CC. The van der Waals surface area contributed by atoms with Crippen LogP contribution in [0.5, 0.6) is 0 Å². The first kappa shape index (κ1) is 20.8. The first-order chi connectivity index (χ1) is 10.4. The van der Waals surface area contributed by atoms with Gasteiger partial charge in [0.2, 0.25) is 0 Å². The van der Waals surface area contributed by atoms with Crippen LogP contribution >= 0.6 is 0 Å². The van der Waals surface area contributed by atoms with Crippen molar-refractivity contribution < 1.29 is 17.1 Å². The first-order valence-corrected chi connectivity index (χ1v) is 9.22. The van der Waals surface area contributed by atoms with E-state index < -0.39 is 10.1 Å². The molecular formula is C17H30NO3S+. The Morgan fingerprint density at radius 3 is 1.77 bits per heavy atom. The molecule has 0 saturated carbocycles. The lowest BCUT2D eigenvalue weighted by atomic mass is 10.3. The lowest BCUT2D eigenvalue weighted by Gasteiger charge is -2.34. The second kappa shape index (κ2) is 10.5. The molecule has 0 fully saturated rings. The van der Waals surface area contributed by atoms with Crippen LogP contribution in [0, 0.1) is 0 Å². The molecule has 0 aromatic heterocycles. The Bertz CT molecular complexity index is 490. The van der Waals surface area contributed by atoms with Crippen molar-refractivity contribution >= 4 is 10.1 Å². The molecule has 1 aromatic rings. The fourth-order valence-corrected chi connectivity index (χ4v) is 3.04. The van der Waals surface area contributed by atoms with E-state index in [9.17, 15) is 8.42 Å². The van der Waals surface area contributed by atoms with Crippen molar-refractivity contribution in [3.63, 3.8) is 0 Å². The van der Waals surface area contributed by atoms with E-state index >= 15 is 0 Å². The number of quaternary nitrogens is 1. The van der Waals surface area contributed by atoms with Crippen LogP contribution in [0.25, 0.3) is 0 Å². The Hall–Kier alpha value is -1.17. The minimum absolute atomic E-state index is 0.00275. The molecule has 22 heavy (non-hydrogen) atoms. The summed E-state index contributed by atoms with van der Waals surface area (Å²) in [5, 5.41) is 0. The smallest absolute Gasteiger partial charge is 0.297 e. The van der Waals surface area contributed by atoms with E-state index in [1.807, 2.05) is 0 Å². The van der Waals surface area contributed by atoms with Crippen LogP contribution in [0.1, 0.15) is 27.7 Å². The summed E-state index contributed by atoms with van der Waals surface area (Å²) in [5.74, 6) is 0. The molecule has 0 saturated heterocycles. The number of benzene rings is 1. The Labute approximate surface area is 136 Å². The molecule has 0 heterocycles. The van der Waals surface area contributed by atoms with E-state index in [0.29, 0.717) is 0 Å². The molecule has 126 valence electrons. The van der Waals surface area contributed by atoms with Crippen molar-refractivity contribution in [2.75, 3.05) is 32.8 Å². The lowest BCUT2D eigenvalue weighted by Crippen LogP contribution is -2.47. The van der Waals surface area contributed by atoms with Gasteiger partial charge >= 0.3 is 0 Å². The lowest BCUT2D eigenvalue weighted by molar-refractivity contribution is -0.921. The number of hydrogen-bond acceptors (Lipinski definition) is 3. The highest BCUT2D eigenvalue weighted by molar-refractivity contribution is 7.86. The molecule has 0 aliphatic rings. The zero-order valence-corrected chi connectivity index (χ0v) is 15.1. The Morgan fingerprint density at radius 1 is 1.00 bits per heavy atom. The Balaban J connectivity index is 0.000000433. The predicted octanol–water partition coefficient (Wildman–Crippen LogP) is 3.46. The highest BCUT2D eigenvalue weighted by atomic mass is 32.2. The third-order valence-electron chi connectivity index (χ3n) is 4.06. The molecule has 0 aliphatic heterocycles. The summed E-state index contributed by atoms with van der Waals surface area (Å²) >= 11 is 0. The monoisotopic (exact) mass is 328 g/mol. The minimum Gasteiger partial charge on any atom is -0.325 e. The van der Waals surface area contributed by atoms with E-state index in [-0.39, 0.29) is 11.5 Å². The first-order valence-electron chi connectivity index (χ1n) is 7.81. The van der Waals surface area contributed by atoms with Crippen LogP contribution in [-0.4, -0.2) is 45.7 Å². The number of rotatable bonds is 8. The zero-order chi connectivity index (χ0) is 17.1. The van der Waals surface area contributed by atoms with Gasteiger partial charge in [-0.25, -0.2) is 0 Å². The standard InChI is InChI=1S/C9H10O3S.C8H20N/c1-2-8-12-13(10,11)9-6-4-3-5-7-9;1-5-9(6-2,7-3)8-4/h2-7H,1,8H2;5-8H2,1-4H3/q;+1. The van der Waals surface area contributed by atoms with Gasteiger partial charge in [0.05, 0.1) is 37.7 Å². The normalized spacial score (nSPS) is 11.5. The summed E-state index contributed by atoms with van der Waals surface area (Å²) in [4.78, 5) is 0.164. The fourth-order valence-electron chi connectivity index (χ4n) is 2.13. The van der Waals surface area contributed by atoms with E-state index in [4.69, 9.17) is 0 Å². The summed E-state index contributed by atoms with van der Waals surface area (Å²) in [5.41, 5.74) is 0. The highest BCUT2D eigenvalue weighted by Gasteiger charge is 2.16. The third-order valence-corrected chi connectivity index (χ3v) is 5.35. The molecule has 0 unspecified atom stereocenters. The van der Waals surface area contributed by atoms with Crippen LogP contribution in [0.15, 0.2) is 47.9 Å². The molecule has 1 aromatic carbocycles. The van der Waals surface area contributed by atoms with E-state index in [1.54, 1.807) is 18.2 Å². The molecule has 0 bridgehead atoms. The molecule has 0 amide bonds. The van der Waals surface area contributed by atoms with Gasteiger partial charge in [-0.2, -0.15) is 8.42 Å². The third kappa shape index (κ3) is 6.73. The van der Waals surface area contributed by atoms with Crippen LogP contribution in [-0.2, 0) is 14.3 Å². The zero-order valence-electron chi connectivity index (χ0n) is 14.3. The maximum atomic E-state index is 11.3. The van der Waals surface area contributed by atoms with Gasteiger partial charge in [-0.1, -0.05) is 24.3 Å². The van der Waals surface area contributed by atoms with Gasteiger partial charge in [0.1, 0.15) is 0 Å². The Kier molecular flexibility index (Phi) is 9.98. The van der Waals surface area contributed by atoms with Gasteiger partial charge in [-0.05, 0) is 39.8 Å². The van der Waals surface area contributed by atoms with Crippen molar-refractivity contribution in [1.29, 1.82) is 0 Å². The Morgan fingerprint density at radius 2 is 1.45 bits per heavy atom. The van der Waals surface area contributed by atoms with Crippen molar-refractivity contribution in [3.8, 4) is 0 Å². The molecule has 4 nitrogen and oxygen atoms in total. The summed E-state index contributed by atoms with van der Waals surface area (Å²) in [7, 11) is -3.59. The molecule has 1 rings (SSSR count). The van der Waals surface area contributed by atoms with Crippen LogP contribution in [0.3, 0.4) is 0 Å². The van der Waals surface area contributed by atoms with Gasteiger partial charge in [-0.15, -0.1) is 6.58 Å². The molecule has 0 radical (unpaired) electrons. The average molecular weight is 328 g/mol. The van der Waals surface area contributed by atoms with Crippen molar-refractivity contribution in [3.05, 3.63) is 43.0 Å². The van der Waals surface area contributed by atoms with E-state index in [2.05, 4.69) is 38.5 Å². The summed E-state index contributed by atoms with van der Waals surface area (Å²) in [6.45, 7) is 17.6. The summed E-state index contributed by atoms with van der Waals surface area (Å²) in [6.07, 6.45) is 1.39. The fraction of sp³-hybridized carbons (Fsp3) is 0.529. The highest BCUT2D eigenvalue weighted by Crippen LogP contribution is 2.10. The summed E-state index contributed by atoms with van der Waals surface area (Å²) < 4.78 is 28.5. The average Bonchev–Trinajstić information content (AvgIpc) is 2.57. The number of nitrogens with zero attached hydrogens (tertiary/aromatic N) is 1. The van der Waals surface area contributed by atoms with E-state index in [1.165, 1.54) is 48.9 Å². The van der Waals surface area contributed by atoms with Gasteiger partial charge < -0.3 is 4.48 Å².